The number of nitrogens with one attached hydrogen (secondary N) is 2. The monoisotopic (exact) mass is 350 g/mol. The van der Waals surface area contributed by atoms with E-state index in [2.05, 4.69) is 15.3 Å². The zero-order chi connectivity index (χ0) is 18.8. The van der Waals surface area contributed by atoms with Gasteiger partial charge in [-0.1, -0.05) is 12.2 Å². The van der Waals surface area contributed by atoms with Crippen LogP contribution in [0.2, 0.25) is 0 Å². The summed E-state index contributed by atoms with van der Waals surface area (Å²) in [6, 6.07) is 3.49. The fraction of sp³-hybridized carbons (Fsp3) is 0.211. The summed E-state index contributed by atoms with van der Waals surface area (Å²) in [5.74, 6) is -0.741. The topological polar surface area (TPSA) is 116 Å². The van der Waals surface area contributed by atoms with Crippen molar-refractivity contribution in [3.63, 3.8) is 0 Å². The van der Waals surface area contributed by atoms with E-state index in [0.717, 1.165) is 22.4 Å². The highest BCUT2D eigenvalue weighted by molar-refractivity contribution is 6.45. The Morgan fingerprint density at radius 3 is 2.77 bits per heavy atom. The van der Waals surface area contributed by atoms with Crippen LogP contribution in [0, 0.1) is 12.3 Å². The Bertz CT molecular complexity index is 963. The first-order valence-electron chi connectivity index (χ1n) is 8.10. The maximum absolute atomic E-state index is 11.8. The molecule has 3 N–H and O–H groups in total. The van der Waals surface area contributed by atoms with E-state index in [0.29, 0.717) is 23.5 Å². The number of fused-ring (bicyclic) bond motifs is 3. The number of carbonyl (C=O) groups is 2. The Morgan fingerprint density at radius 2 is 2.08 bits per heavy atom. The average molecular weight is 350 g/mol. The molecular formula is C19H18N4O3. The van der Waals surface area contributed by atoms with Gasteiger partial charge in [-0.05, 0) is 30.2 Å². The lowest BCUT2D eigenvalue weighted by atomic mass is 9.94. The second-order valence-corrected chi connectivity index (χ2v) is 6.05. The van der Waals surface area contributed by atoms with Gasteiger partial charge < -0.3 is 10.4 Å². The minimum absolute atomic E-state index is 0.177. The molecule has 0 amide bonds. The van der Waals surface area contributed by atoms with E-state index in [1.54, 1.807) is 18.3 Å². The van der Waals surface area contributed by atoms with E-state index in [4.69, 9.17) is 10.5 Å². The second-order valence-electron chi connectivity index (χ2n) is 6.05. The number of benzene rings is 1. The fourth-order valence-corrected chi connectivity index (χ4v) is 2.90. The van der Waals surface area contributed by atoms with Gasteiger partial charge in [-0.3, -0.25) is 15.0 Å². The van der Waals surface area contributed by atoms with E-state index in [1.807, 2.05) is 19.1 Å². The molecule has 0 fully saturated rings. The molecule has 0 atom stereocenters. The van der Waals surface area contributed by atoms with Gasteiger partial charge in [-0.2, -0.15) is 0 Å². The van der Waals surface area contributed by atoms with Gasteiger partial charge in [0.05, 0.1) is 5.69 Å². The highest BCUT2D eigenvalue weighted by Crippen LogP contribution is 2.34. The largest absolute Gasteiger partial charge is 0.480 e. The van der Waals surface area contributed by atoms with Crippen LogP contribution >= 0.6 is 0 Å². The zero-order valence-electron chi connectivity index (χ0n) is 14.5. The summed E-state index contributed by atoms with van der Waals surface area (Å²) >= 11 is 0. The maximum atomic E-state index is 11.8. The quantitative estimate of drug-likeness (QED) is 0.713. The van der Waals surface area contributed by atoms with Crippen molar-refractivity contribution in [3.8, 4) is 11.1 Å². The average Bonchev–Trinajstić information content (AvgIpc) is 2.76. The van der Waals surface area contributed by atoms with Crippen LogP contribution in [0.1, 0.15) is 29.6 Å². The number of anilines is 1. The predicted octanol–water partition coefficient (Wildman–Crippen LogP) is 2.47. The van der Waals surface area contributed by atoms with E-state index in [9.17, 15) is 9.59 Å². The molecule has 7 heteroatoms. The Kier molecular flexibility index (Phi) is 4.62. The van der Waals surface area contributed by atoms with E-state index >= 15 is 0 Å². The first kappa shape index (κ1) is 17.5. The number of hydrogen-bond acceptors (Lipinski definition) is 6. The molecule has 2 aromatic rings. The van der Waals surface area contributed by atoms with Crippen LogP contribution in [0.25, 0.3) is 17.2 Å². The molecule has 1 aliphatic rings. The van der Waals surface area contributed by atoms with Crippen molar-refractivity contribution in [2.24, 2.45) is 0 Å². The smallest absolute Gasteiger partial charge is 0.322 e. The molecular weight excluding hydrogens is 332 g/mol. The van der Waals surface area contributed by atoms with Crippen molar-refractivity contribution in [2.75, 3.05) is 11.9 Å². The fourth-order valence-electron chi connectivity index (χ4n) is 2.90. The Labute approximate surface area is 150 Å². The third-order valence-electron chi connectivity index (χ3n) is 4.13. The number of aromatic nitrogens is 2. The lowest BCUT2D eigenvalue weighted by molar-refractivity contribution is -0.134. The summed E-state index contributed by atoms with van der Waals surface area (Å²) < 4.78 is 0. The van der Waals surface area contributed by atoms with Gasteiger partial charge in [0.15, 0.2) is 5.78 Å². The van der Waals surface area contributed by atoms with Crippen LogP contribution in [-0.2, 0) is 16.0 Å². The molecule has 1 aromatic heterocycles. The number of hydrogen-bond donors (Lipinski definition) is 3. The van der Waals surface area contributed by atoms with Crippen molar-refractivity contribution in [1.82, 2.24) is 9.97 Å². The highest BCUT2D eigenvalue weighted by Gasteiger charge is 2.20. The van der Waals surface area contributed by atoms with Crippen molar-refractivity contribution in [2.45, 2.75) is 20.3 Å². The van der Waals surface area contributed by atoms with Gasteiger partial charge >= 0.3 is 5.97 Å². The third-order valence-corrected chi connectivity index (χ3v) is 4.13. The Morgan fingerprint density at radius 1 is 1.31 bits per heavy atom. The Balaban J connectivity index is 2.21. The van der Waals surface area contributed by atoms with Crippen LogP contribution in [0.3, 0.4) is 0 Å². The first-order valence-corrected chi connectivity index (χ1v) is 8.10. The van der Waals surface area contributed by atoms with Crippen molar-refractivity contribution >= 4 is 29.2 Å². The maximum Gasteiger partial charge on any atom is 0.322 e. The van der Waals surface area contributed by atoms with E-state index in [1.165, 1.54) is 6.92 Å². The number of ketones is 1. The van der Waals surface area contributed by atoms with Gasteiger partial charge in [0, 0.05) is 36.4 Å². The normalized spacial score (nSPS) is 11.9. The molecule has 3 rings (SSSR count). The minimum Gasteiger partial charge on any atom is -0.480 e. The van der Waals surface area contributed by atoms with Gasteiger partial charge in [-0.15, -0.1) is 0 Å². The number of Topliss-reactive ketones (excluding diaryl/α,β-unsaturated/α-hetero) is 1. The van der Waals surface area contributed by atoms with Crippen molar-refractivity contribution in [3.05, 3.63) is 47.1 Å². The molecule has 0 spiro atoms. The van der Waals surface area contributed by atoms with Gasteiger partial charge in [0.2, 0.25) is 0 Å². The summed E-state index contributed by atoms with van der Waals surface area (Å²) in [4.78, 5) is 31.4. The number of rotatable bonds is 5. The molecule has 0 aliphatic heterocycles. The number of carboxylic acids is 1. The standard InChI is InChI=1S/C19H18N4O3/c1-10(24)19(20)14-7-13-12(6-17(14)22-9-18(25)26)4-3-5-16-15(13)8-21-11(2)23-16/h3-4,6-8,20,22H,5,9H2,1-2H3,(H,25,26). The SMILES string of the molecule is CC(=O)C(=N)c1cc2c(cc1NCC(=O)O)C=CCc1nc(C)ncc1-2. The first-order chi connectivity index (χ1) is 12.4. The van der Waals surface area contributed by atoms with Crippen LogP contribution in [0.4, 0.5) is 5.69 Å². The number of aliphatic carboxylic acids is 1. The number of carbonyl (C=O) groups excluding carboxylic acids is 1. The molecule has 1 aromatic carbocycles. The molecule has 1 heterocycles. The second kappa shape index (κ2) is 6.87. The van der Waals surface area contributed by atoms with Gasteiger partial charge in [-0.25, -0.2) is 9.97 Å². The Hall–Kier alpha value is -3.35. The minimum atomic E-state index is -1.02. The third kappa shape index (κ3) is 3.37. The molecule has 132 valence electrons. The molecule has 0 bridgehead atoms. The molecule has 1 aliphatic carbocycles. The number of carboxylic acid groups (broad SMARTS) is 1. The molecule has 0 saturated heterocycles. The summed E-state index contributed by atoms with van der Waals surface area (Å²) in [5.41, 5.74) is 4.01. The van der Waals surface area contributed by atoms with Gasteiger partial charge in [0.1, 0.15) is 18.1 Å². The van der Waals surface area contributed by atoms with E-state index in [-0.39, 0.29) is 12.3 Å². The molecule has 0 radical (unpaired) electrons. The van der Waals surface area contributed by atoms with Crippen LogP contribution in [0.15, 0.2) is 24.4 Å². The number of nitrogens with zero attached hydrogens (tertiary/aromatic N) is 2. The van der Waals surface area contributed by atoms with Crippen molar-refractivity contribution < 1.29 is 14.7 Å². The predicted molar refractivity (Wildman–Crippen MR) is 98.6 cm³/mol. The van der Waals surface area contributed by atoms with Crippen molar-refractivity contribution in [1.29, 1.82) is 5.41 Å². The lowest BCUT2D eigenvalue weighted by Crippen LogP contribution is -2.18. The summed E-state index contributed by atoms with van der Waals surface area (Å²) in [7, 11) is 0. The molecule has 0 saturated carbocycles. The number of allylic oxidation sites excluding steroid dienone is 1. The van der Waals surface area contributed by atoms with Gasteiger partial charge in [0.25, 0.3) is 0 Å². The molecule has 26 heavy (non-hydrogen) atoms. The summed E-state index contributed by atoms with van der Waals surface area (Å²) in [6.45, 7) is 2.83. The lowest BCUT2D eigenvalue weighted by Gasteiger charge is -2.16. The molecule has 7 nitrogen and oxygen atoms in total. The summed E-state index contributed by atoms with van der Waals surface area (Å²) in [6.07, 6.45) is 6.30. The zero-order valence-corrected chi connectivity index (χ0v) is 14.5. The van der Waals surface area contributed by atoms with Crippen LogP contribution < -0.4 is 5.32 Å². The number of aryl methyl sites for hydroxylation is 1. The highest BCUT2D eigenvalue weighted by atomic mass is 16.4. The van der Waals surface area contributed by atoms with Crippen LogP contribution in [0.5, 0.6) is 0 Å². The van der Waals surface area contributed by atoms with E-state index < -0.39 is 11.8 Å². The summed E-state index contributed by atoms with van der Waals surface area (Å²) in [5, 5.41) is 19.8. The van der Waals surface area contributed by atoms with Crippen LogP contribution in [-0.4, -0.2) is 39.1 Å². The molecule has 0 unspecified atom stereocenters.